The first-order valence-corrected chi connectivity index (χ1v) is 18.6. The van der Waals surface area contributed by atoms with Crippen LogP contribution in [0.4, 0.5) is 5.69 Å². The van der Waals surface area contributed by atoms with Gasteiger partial charge in [-0.1, -0.05) is 56.7 Å². The number of benzene rings is 3. The van der Waals surface area contributed by atoms with Gasteiger partial charge in [-0.05, 0) is 102 Å². The maximum absolute atomic E-state index is 13.6. The third kappa shape index (κ3) is 9.29. The molecule has 276 valence electrons. The average molecular weight is 725 g/mol. The van der Waals surface area contributed by atoms with Crippen LogP contribution in [0, 0.1) is 13.8 Å². The fraction of sp³-hybridized carbons (Fsp3) is 0.409. The highest BCUT2D eigenvalue weighted by Crippen LogP contribution is 2.43. The van der Waals surface area contributed by atoms with Gasteiger partial charge in [-0.25, -0.2) is 4.79 Å². The molecule has 2 aromatic rings. The first kappa shape index (κ1) is 40.3. The lowest BCUT2D eigenvalue weighted by Gasteiger charge is -2.20. The number of unbranched alkanes of at least 4 members (excludes halogenated alkanes) is 7. The van der Waals surface area contributed by atoms with Gasteiger partial charge in [-0.15, -0.1) is 12.4 Å². The van der Waals surface area contributed by atoms with Gasteiger partial charge < -0.3 is 14.5 Å². The molecule has 0 amide bonds. The van der Waals surface area contributed by atoms with Gasteiger partial charge in [0.2, 0.25) is 0 Å². The van der Waals surface area contributed by atoms with Crippen molar-refractivity contribution in [2.24, 2.45) is 4.99 Å². The lowest BCUT2D eigenvalue weighted by Crippen LogP contribution is -2.16. The highest BCUT2D eigenvalue weighted by molar-refractivity contribution is 6.22. The Kier molecular flexibility index (Phi) is 14.6. The Morgan fingerprint density at radius 2 is 1.50 bits per heavy atom. The molecule has 0 fully saturated rings. The molecule has 5 rings (SSSR count). The lowest BCUT2D eigenvalue weighted by molar-refractivity contribution is -0.116. The molecule has 1 heterocycles. The highest BCUT2D eigenvalue weighted by atomic mass is 35.5. The maximum atomic E-state index is 13.6. The minimum Gasteiger partial charge on any atom is -0.462 e. The Balaban J connectivity index is 0.00000605. The minimum absolute atomic E-state index is 0. The van der Waals surface area contributed by atoms with Crippen molar-refractivity contribution in [2.45, 2.75) is 99.3 Å². The number of esters is 1. The Morgan fingerprint density at radius 3 is 2.21 bits per heavy atom. The van der Waals surface area contributed by atoms with Gasteiger partial charge in [0.05, 0.1) is 17.5 Å². The third-order valence-corrected chi connectivity index (χ3v) is 9.94. The maximum Gasteiger partial charge on any atom is 0.338 e. The molecule has 2 aromatic carbocycles. The summed E-state index contributed by atoms with van der Waals surface area (Å²) in [4.78, 5) is 42.8. The van der Waals surface area contributed by atoms with Crippen LogP contribution in [-0.4, -0.2) is 37.2 Å². The van der Waals surface area contributed by atoms with E-state index < -0.39 is 0 Å². The zero-order valence-electron chi connectivity index (χ0n) is 31.6. The second-order valence-electron chi connectivity index (χ2n) is 13.7. The number of nitrogens with one attached hydrogen (secondary N) is 1. The van der Waals surface area contributed by atoms with Crippen molar-refractivity contribution in [1.29, 1.82) is 0 Å². The van der Waals surface area contributed by atoms with Crippen LogP contribution in [0.1, 0.15) is 107 Å². The molecule has 52 heavy (non-hydrogen) atoms. The number of nitrogens with zero attached hydrogens (tertiary/aromatic N) is 1. The molecule has 0 bridgehead atoms. The lowest BCUT2D eigenvalue weighted by atomic mass is 9.88. The zero-order valence-corrected chi connectivity index (χ0v) is 32.4. The molecule has 7 nitrogen and oxygen atoms in total. The normalized spacial score (nSPS) is 13.5. The topological polar surface area (TPSA) is 98.0 Å². The van der Waals surface area contributed by atoms with E-state index in [4.69, 9.17) is 9.15 Å². The summed E-state index contributed by atoms with van der Waals surface area (Å²) in [5, 5.41) is 5.28. The number of hydrogen-bond donors (Lipinski definition) is 1. The fourth-order valence-corrected chi connectivity index (χ4v) is 6.91. The summed E-state index contributed by atoms with van der Waals surface area (Å²) in [7, 11) is 0. The van der Waals surface area contributed by atoms with Crippen LogP contribution in [0.5, 0.6) is 0 Å². The number of aryl methyl sites for hydroxylation is 2. The summed E-state index contributed by atoms with van der Waals surface area (Å²) in [5.41, 5.74) is 8.96. The number of halogens is 1. The van der Waals surface area contributed by atoms with Crippen LogP contribution in [-0.2, 0) is 14.3 Å². The Labute approximate surface area is 314 Å². The van der Waals surface area contributed by atoms with Crippen molar-refractivity contribution >= 4 is 46.6 Å². The highest BCUT2D eigenvalue weighted by Gasteiger charge is 2.24. The Morgan fingerprint density at radius 1 is 0.808 bits per heavy atom. The SMILES string of the molecule is CC/N=c1/cc2oc3cc(NCC)c(C)cc3c(-c3ccccc3C(=O)OCCCCCCCCCCC3=CC(=O)C(C)=C(C)C3=O)c-2cc1C.Cl. The van der Waals surface area contributed by atoms with Gasteiger partial charge in [0, 0.05) is 64.1 Å². The van der Waals surface area contributed by atoms with E-state index in [0.29, 0.717) is 41.9 Å². The molecule has 3 aliphatic rings. The molecule has 8 heteroatoms. The Hall–Kier alpha value is -4.49. The summed E-state index contributed by atoms with van der Waals surface area (Å²) in [6, 6.07) is 16.0. The van der Waals surface area contributed by atoms with Crippen LogP contribution in [0.3, 0.4) is 0 Å². The standard InChI is InChI=1S/C44H52N2O5.ClH/c1-7-45-37-26-40-35(23-28(37)3)42(36-24-29(4)38(46-8-2)27-41(36)51-40)33-20-16-17-21-34(33)44(49)50-22-18-14-12-10-9-11-13-15-19-32-25-39(47)30(5)31(6)43(32)48;/h16-17,20-21,23-27,45H,7-15,18-19,22H2,1-6H3;1H/b46-38-;. The van der Waals surface area contributed by atoms with Crippen LogP contribution >= 0.6 is 12.4 Å². The van der Waals surface area contributed by atoms with E-state index in [9.17, 15) is 14.4 Å². The second-order valence-corrected chi connectivity index (χ2v) is 13.7. The predicted molar refractivity (Wildman–Crippen MR) is 214 cm³/mol. The van der Waals surface area contributed by atoms with E-state index in [1.54, 1.807) is 13.8 Å². The van der Waals surface area contributed by atoms with E-state index in [-0.39, 0.29) is 29.9 Å². The smallest absolute Gasteiger partial charge is 0.338 e. The molecule has 0 aromatic heterocycles. The Bertz CT molecular complexity index is 2040. The predicted octanol–water partition coefficient (Wildman–Crippen LogP) is 10.7. The van der Waals surface area contributed by atoms with E-state index in [0.717, 1.165) is 114 Å². The fourth-order valence-electron chi connectivity index (χ4n) is 6.91. The number of allylic oxidation sites excluding steroid dienone is 4. The number of anilines is 1. The summed E-state index contributed by atoms with van der Waals surface area (Å²) < 4.78 is 12.4. The van der Waals surface area contributed by atoms with Gasteiger partial charge >= 0.3 is 5.97 Å². The van der Waals surface area contributed by atoms with Crippen LogP contribution in [0.15, 0.2) is 80.7 Å². The van der Waals surface area contributed by atoms with Gasteiger partial charge in [0.25, 0.3) is 0 Å². The van der Waals surface area contributed by atoms with Crippen molar-refractivity contribution in [3.63, 3.8) is 0 Å². The molecule has 0 saturated heterocycles. The molecule has 0 radical (unpaired) electrons. The number of carbonyl (C=O) groups excluding carboxylic acids is 3. The number of hydrogen-bond acceptors (Lipinski definition) is 7. The number of Topliss-reactive ketones (excluding diaryl/α,β-unsaturated/α-hetero) is 1. The monoisotopic (exact) mass is 724 g/mol. The first-order chi connectivity index (χ1) is 24.6. The second kappa shape index (κ2) is 18.8. The van der Waals surface area contributed by atoms with Crippen molar-refractivity contribution < 1.29 is 23.5 Å². The summed E-state index contributed by atoms with van der Waals surface area (Å²) >= 11 is 0. The summed E-state index contributed by atoms with van der Waals surface area (Å²) in [6.45, 7) is 13.6. The zero-order chi connectivity index (χ0) is 36.5. The van der Waals surface area contributed by atoms with Crippen molar-refractivity contribution in [3.05, 3.63) is 93.4 Å². The number of rotatable bonds is 16. The van der Waals surface area contributed by atoms with Crippen molar-refractivity contribution in [1.82, 2.24) is 0 Å². The molecular weight excluding hydrogens is 672 g/mol. The summed E-state index contributed by atoms with van der Waals surface area (Å²) in [5.74, 6) is 0.391. The first-order valence-electron chi connectivity index (χ1n) is 18.6. The van der Waals surface area contributed by atoms with E-state index in [2.05, 4.69) is 49.3 Å². The van der Waals surface area contributed by atoms with Gasteiger partial charge in [-0.2, -0.15) is 0 Å². The minimum atomic E-state index is -0.322. The number of carbonyl (C=O) groups is 3. The molecule has 0 atom stereocenters. The molecular formula is C44H53ClN2O5. The van der Waals surface area contributed by atoms with Crippen LogP contribution in [0.2, 0.25) is 0 Å². The van der Waals surface area contributed by atoms with E-state index in [1.807, 2.05) is 37.3 Å². The van der Waals surface area contributed by atoms with Gasteiger partial charge in [0.1, 0.15) is 11.3 Å². The quantitative estimate of drug-likeness (QED) is 0.0534. The number of ketones is 2. The van der Waals surface area contributed by atoms with Crippen LogP contribution in [0.25, 0.3) is 33.4 Å². The van der Waals surface area contributed by atoms with E-state index >= 15 is 0 Å². The molecule has 1 N–H and O–H groups in total. The largest absolute Gasteiger partial charge is 0.462 e. The van der Waals surface area contributed by atoms with Crippen molar-refractivity contribution in [3.8, 4) is 22.5 Å². The van der Waals surface area contributed by atoms with Gasteiger partial charge in [-0.3, -0.25) is 14.6 Å². The average Bonchev–Trinajstić information content (AvgIpc) is 3.12. The molecule has 1 aliphatic heterocycles. The molecule has 0 unspecified atom stereocenters. The molecule has 0 saturated carbocycles. The third-order valence-electron chi connectivity index (χ3n) is 9.94. The van der Waals surface area contributed by atoms with Crippen LogP contribution < -0.4 is 10.7 Å². The molecule has 0 spiro atoms. The number of fused-ring (bicyclic) bond motifs is 2. The van der Waals surface area contributed by atoms with Crippen molar-refractivity contribution in [2.75, 3.05) is 25.0 Å². The summed E-state index contributed by atoms with van der Waals surface area (Å²) in [6.07, 6.45) is 10.4. The van der Waals surface area contributed by atoms with Gasteiger partial charge in [0.15, 0.2) is 11.6 Å². The molecule has 2 aliphatic carbocycles. The number of ether oxygens (including phenoxy) is 1. The van der Waals surface area contributed by atoms with E-state index in [1.165, 1.54) is 6.08 Å².